The fraction of sp³-hybridized carbons (Fsp3) is 0.0909. The summed E-state index contributed by atoms with van der Waals surface area (Å²) in [5.41, 5.74) is -0.900. The van der Waals surface area contributed by atoms with Gasteiger partial charge >= 0.3 is 5.69 Å². The Morgan fingerprint density at radius 1 is 1.24 bits per heavy atom. The van der Waals surface area contributed by atoms with Crippen molar-refractivity contribution < 1.29 is 4.39 Å². The Labute approximate surface area is 100 Å². The van der Waals surface area contributed by atoms with Crippen LogP contribution in [0.5, 0.6) is 0 Å². The predicted octanol–water partition coefficient (Wildman–Crippen LogP) is 1.38. The minimum Gasteiger partial charge on any atom is -0.311 e. The average Bonchev–Trinajstić information content (AvgIpc) is 2.32. The van der Waals surface area contributed by atoms with Gasteiger partial charge in [-0.2, -0.15) is 4.39 Å². The van der Waals surface area contributed by atoms with Crippen LogP contribution in [0.25, 0.3) is 0 Å². The zero-order valence-electron chi connectivity index (χ0n) is 8.61. The van der Waals surface area contributed by atoms with E-state index in [2.05, 4.69) is 4.98 Å². The van der Waals surface area contributed by atoms with Gasteiger partial charge in [0.25, 0.3) is 5.56 Å². The molecule has 0 bridgehead atoms. The molecule has 0 unspecified atom stereocenters. The van der Waals surface area contributed by atoms with Crippen molar-refractivity contribution in [3.05, 3.63) is 67.7 Å². The van der Waals surface area contributed by atoms with E-state index in [4.69, 9.17) is 11.6 Å². The first-order chi connectivity index (χ1) is 8.08. The molecule has 4 nitrogen and oxygen atoms in total. The number of aromatic nitrogens is 2. The molecule has 0 radical (unpaired) electrons. The summed E-state index contributed by atoms with van der Waals surface area (Å²) in [6, 6.07) is 6.60. The third kappa shape index (κ3) is 2.45. The van der Waals surface area contributed by atoms with E-state index in [1.54, 1.807) is 24.3 Å². The number of H-pyrrole nitrogens is 1. The highest BCUT2D eigenvalue weighted by atomic mass is 35.5. The number of hydrogen-bond donors (Lipinski definition) is 1. The van der Waals surface area contributed by atoms with Crippen LogP contribution in [0.3, 0.4) is 0 Å². The van der Waals surface area contributed by atoms with Crippen LogP contribution >= 0.6 is 11.6 Å². The van der Waals surface area contributed by atoms with E-state index in [1.807, 2.05) is 0 Å². The lowest BCUT2D eigenvalue weighted by Gasteiger charge is -2.04. The molecular weight excluding hydrogens is 247 g/mol. The summed E-state index contributed by atoms with van der Waals surface area (Å²) in [6.07, 6.45) is 0.753. The quantitative estimate of drug-likeness (QED) is 0.880. The van der Waals surface area contributed by atoms with Crippen LogP contribution in [0.2, 0.25) is 5.02 Å². The Hall–Kier alpha value is -1.88. The van der Waals surface area contributed by atoms with Gasteiger partial charge in [-0.25, -0.2) is 4.79 Å². The van der Waals surface area contributed by atoms with Crippen LogP contribution in [-0.2, 0) is 6.54 Å². The van der Waals surface area contributed by atoms with Crippen molar-refractivity contribution in [2.75, 3.05) is 0 Å². The topological polar surface area (TPSA) is 54.9 Å². The van der Waals surface area contributed by atoms with Gasteiger partial charge in [-0.15, -0.1) is 0 Å². The van der Waals surface area contributed by atoms with Crippen molar-refractivity contribution in [2.24, 2.45) is 0 Å². The van der Waals surface area contributed by atoms with Crippen LogP contribution in [0.15, 0.2) is 40.1 Å². The van der Waals surface area contributed by atoms with Gasteiger partial charge in [0, 0.05) is 11.2 Å². The summed E-state index contributed by atoms with van der Waals surface area (Å²) >= 11 is 5.71. The van der Waals surface area contributed by atoms with Gasteiger partial charge in [-0.05, 0) is 17.7 Å². The molecule has 1 heterocycles. The van der Waals surface area contributed by atoms with Crippen LogP contribution in [0, 0.1) is 5.82 Å². The highest BCUT2D eigenvalue weighted by Gasteiger charge is 2.07. The van der Waals surface area contributed by atoms with E-state index in [1.165, 1.54) is 0 Å². The second-order valence-electron chi connectivity index (χ2n) is 3.46. The van der Waals surface area contributed by atoms with Gasteiger partial charge in [0.05, 0.1) is 6.54 Å². The number of nitrogens with one attached hydrogen (secondary N) is 1. The summed E-state index contributed by atoms with van der Waals surface area (Å²) in [5.74, 6) is -0.987. The summed E-state index contributed by atoms with van der Waals surface area (Å²) < 4.78 is 13.8. The molecule has 0 aliphatic carbocycles. The van der Waals surface area contributed by atoms with Crippen molar-refractivity contribution in [2.45, 2.75) is 6.54 Å². The molecular formula is C11H8ClFN2O2. The Morgan fingerprint density at radius 2 is 1.88 bits per heavy atom. The minimum absolute atomic E-state index is 0.00307. The SMILES string of the molecule is O=c1[nH]cc(F)c(=O)n1Cc1ccc(Cl)cc1. The molecule has 0 saturated carbocycles. The summed E-state index contributed by atoms with van der Waals surface area (Å²) in [6.45, 7) is 0.00307. The molecule has 0 aliphatic rings. The van der Waals surface area contributed by atoms with Gasteiger partial charge in [0.2, 0.25) is 5.82 Å². The normalized spacial score (nSPS) is 10.5. The fourth-order valence-electron chi connectivity index (χ4n) is 1.40. The monoisotopic (exact) mass is 254 g/mol. The molecule has 1 aromatic carbocycles. The average molecular weight is 255 g/mol. The number of benzene rings is 1. The number of rotatable bonds is 2. The Morgan fingerprint density at radius 3 is 2.53 bits per heavy atom. The summed E-state index contributed by atoms with van der Waals surface area (Å²) in [4.78, 5) is 24.9. The van der Waals surface area contributed by atoms with Gasteiger partial charge in [0.1, 0.15) is 0 Å². The first kappa shape index (κ1) is 11.6. The molecule has 6 heteroatoms. The smallest absolute Gasteiger partial charge is 0.311 e. The molecule has 0 aliphatic heterocycles. The van der Waals surface area contributed by atoms with Gasteiger partial charge in [0.15, 0.2) is 0 Å². The Bertz CT molecular complexity index is 646. The Kier molecular flexibility index (Phi) is 3.10. The van der Waals surface area contributed by atoms with Crippen molar-refractivity contribution in [1.82, 2.24) is 9.55 Å². The van der Waals surface area contributed by atoms with E-state index >= 15 is 0 Å². The van der Waals surface area contributed by atoms with Crippen molar-refractivity contribution >= 4 is 11.6 Å². The lowest BCUT2D eigenvalue weighted by Crippen LogP contribution is -2.36. The van der Waals surface area contributed by atoms with Crippen molar-refractivity contribution in [3.8, 4) is 0 Å². The second-order valence-corrected chi connectivity index (χ2v) is 3.90. The third-order valence-electron chi connectivity index (χ3n) is 2.27. The van der Waals surface area contributed by atoms with E-state index < -0.39 is 17.1 Å². The van der Waals surface area contributed by atoms with Crippen LogP contribution in [0.4, 0.5) is 4.39 Å². The largest absolute Gasteiger partial charge is 0.328 e. The molecule has 1 aromatic heterocycles. The molecule has 2 rings (SSSR count). The fourth-order valence-corrected chi connectivity index (χ4v) is 1.53. The minimum atomic E-state index is -0.987. The molecule has 0 spiro atoms. The maximum atomic E-state index is 13.0. The second kappa shape index (κ2) is 4.55. The predicted molar refractivity (Wildman–Crippen MR) is 61.8 cm³/mol. The van der Waals surface area contributed by atoms with Crippen molar-refractivity contribution in [1.29, 1.82) is 0 Å². The lowest BCUT2D eigenvalue weighted by atomic mass is 10.2. The Balaban J connectivity index is 2.43. The zero-order chi connectivity index (χ0) is 12.4. The first-order valence-corrected chi connectivity index (χ1v) is 5.18. The standard InChI is InChI=1S/C11H8ClFN2O2/c12-8-3-1-7(2-4-8)6-15-10(16)9(13)5-14-11(15)17/h1-5H,6H2,(H,14,17). The number of aromatic amines is 1. The molecule has 17 heavy (non-hydrogen) atoms. The molecule has 88 valence electrons. The maximum Gasteiger partial charge on any atom is 0.328 e. The van der Waals surface area contributed by atoms with Crippen molar-refractivity contribution in [3.63, 3.8) is 0 Å². The lowest BCUT2D eigenvalue weighted by molar-refractivity contribution is 0.557. The maximum absolute atomic E-state index is 13.0. The molecule has 2 aromatic rings. The molecule has 0 atom stereocenters. The van der Waals surface area contributed by atoms with E-state index in [-0.39, 0.29) is 6.54 Å². The van der Waals surface area contributed by atoms with Crippen LogP contribution < -0.4 is 11.2 Å². The first-order valence-electron chi connectivity index (χ1n) is 4.80. The van der Waals surface area contributed by atoms with E-state index in [9.17, 15) is 14.0 Å². The molecule has 0 saturated heterocycles. The van der Waals surface area contributed by atoms with Crippen LogP contribution in [-0.4, -0.2) is 9.55 Å². The van der Waals surface area contributed by atoms with E-state index in [0.717, 1.165) is 10.8 Å². The number of hydrogen-bond acceptors (Lipinski definition) is 2. The number of nitrogens with zero attached hydrogens (tertiary/aromatic N) is 1. The zero-order valence-corrected chi connectivity index (χ0v) is 9.37. The highest BCUT2D eigenvalue weighted by Crippen LogP contribution is 2.09. The van der Waals surface area contributed by atoms with Gasteiger partial charge < -0.3 is 4.98 Å². The van der Waals surface area contributed by atoms with Gasteiger partial charge in [-0.1, -0.05) is 23.7 Å². The summed E-state index contributed by atoms with van der Waals surface area (Å²) in [5, 5.41) is 0.550. The molecule has 0 amide bonds. The number of halogens is 2. The molecule has 1 N–H and O–H groups in total. The highest BCUT2D eigenvalue weighted by molar-refractivity contribution is 6.30. The van der Waals surface area contributed by atoms with Crippen LogP contribution in [0.1, 0.15) is 5.56 Å². The third-order valence-corrected chi connectivity index (χ3v) is 2.52. The van der Waals surface area contributed by atoms with Gasteiger partial charge in [-0.3, -0.25) is 9.36 Å². The summed E-state index contributed by atoms with van der Waals surface area (Å²) in [7, 11) is 0. The molecule has 0 fully saturated rings. The van der Waals surface area contributed by atoms with E-state index in [0.29, 0.717) is 10.6 Å².